The number of ether oxygens (including phenoxy) is 1. The van der Waals surface area contributed by atoms with E-state index in [0.717, 1.165) is 12.1 Å². The van der Waals surface area contributed by atoms with E-state index in [9.17, 15) is 13.6 Å². The normalized spacial score (nSPS) is 12.2. The molecule has 0 heterocycles. The molecule has 0 aliphatic carbocycles. The summed E-state index contributed by atoms with van der Waals surface area (Å²) in [4.78, 5) is 11.6. The molecule has 1 unspecified atom stereocenters. The molecule has 0 saturated heterocycles. The predicted octanol–water partition coefficient (Wildman–Crippen LogP) is 1.06. The number of hydrogen-bond acceptors (Lipinski definition) is 3. The molecule has 1 amide bonds. The first-order valence-electron chi connectivity index (χ1n) is 5.52. The van der Waals surface area contributed by atoms with Crippen LogP contribution in [0.5, 0.6) is 0 Å². The van der Waals surface area contributed by atoms with Gasteiger partial charge in [0.15, 0.2) is 11.6 Å². The molecule has 100 valence electrons. The number of hydrogen-bond donors (Lipinski definition) is 2. The van der Waals surface area contributed by atoms with Gasteiger partial charge in [-0.1, -0.05) is 0 Å². The summed E-state index contributed by atoms with van der Waals surface area (Å²) in [6, 6.07) is 2.84. The van der Waals surface area contributed by atoms with Crippen LogP contribution in [0.1, 0.15) is 16.8 Å². The number of carbonyl (C=O) groups is 1. The number of halogens is 2. The van der Waals surface area contributed by atoms with Gasteiger partial charge in [-0.05, 0) is 24.6 Å². The van der Waals surface area contributed by atoms with Crippen LogP contribution < -0.4 is 11.1 Å². The summed E-state index contributed by atoms with van der Waals surface area (Å²) >= 11 is 0. The predicted molar refractivity (Wildman–Crippen MR) is 63.2 cm³/mol. The maximum atomic E-state index is 12.9. The smallest absolute Gasteiger partial charge is 0.251 e. The van der Waals surface area contributed by atoms with Crippen LogP contribution in [-0.2, 0) is 4.74 Å². The molecular weight excluding hydrogens is 242 g/mol. The van der Waals surface area contributed by atoms with Crippen molar-refractivity contribution in [2.45, 2.75) is 12.5 Å². The van der Waals surface area contributed by atoms with Gasteiger partial charge >= 0.3 is 0 Å². The van der Waals surface area contributed by atoms with Crippen LogP contribution in [0.4, 0.5) is 8.78 Å². The lowest BCUT2D eigenvalue weighted by Gasteiger charge is -2.11. The summed E-state index contributed by atoms with van der Waals surface area (Å²) in [5, 5.41) is 2.57. The average molecular weight is 258 g/mol. The van der Waals surface area contributed by atoms with Gasteiger partial charge < -0.3 is 15.8 Å². The zero-order valence-corrected chi connectivity index (χ0v) is 10.1. The molecule has 0 bridgehead atoms. The minimum Gasteiger partial charge on any atom is -0.383 e. The molecule has 0 aliphatic heterocycles. The summed E-state index contributed by atoms with van der Waals surface area (Å²) in [7, 11) is 1.54. The molecule has 0 saturated carbocycles. The number of benzene rings is 1. The van der Waals surface area contributed by atoms with Crippen molar-refractivity contribution in [3.63, 3.8) is 0 Å². The number of nitrogens with two attached hydrogens (primary N) is 1. The Morgan fingerprint density at radius 2 is 2.17 bits per heavy atom. The van der Waals surface area contributed by atoms with Crippen LogP contribution in [0.15, 0.2) is 18.2 Å². The van der Waals surface area contributed by atoms with Crippen LogP contribution >= 0.6 is 0 Å². The van der Waals surface area contributed by atoms with Gasteiger partial charge in [-0.3, -0.25) is 4.79 Å². The summed E-state index contributed by atoms with van der Waals surface area (Å²) in [5.74, 6) is -2.48. The Labute approximate surface area is 104 Å². The minimum atomic E-state index is -1.04. The molecule has 1 rings (SSSR count). The average Bonchev–Trinajstić information content (AvgIpc) is 2.33. The van der Waals surface area contributed by atoms with Crippen molar-refractivity contribution in [2.75, 3.05) is 20.3 Å². The second kappa shape index (κ2) is 7.03. The van der Waals surface area contributed by atoms with Crippen molar-refractivity contribution in [2.24, 2.45) is 5.73 Å². The van der Waals surface area contributed by atoms with Gasteiger partial charge in [-0.25, -0.2) is 8.78 Å². The van der Waals surface area contributed by atoms with Gasteiger partial charge in [0.05, 0.1) is 6.61 Å². The fourth-order valence-electron chi connectivity index (χ4n) is 1.41. The van der Waals surface area contributed by atoms with Crippen molar-refractivity contribution in [1.82, 2.24) is 5.32 Å². The van der Waals surface area contributed by atoms with Crippen molar-refractivity contribution in [3.05, 3.63) is 35.4 Å². The first kappa shape index (κ1) is 14.5. The first-order chi connectivity index (χ1) is 8.54. The molecule has 0 aliphatic rings. The van der Waals surface area contributed by atoms with Crippen molar-refractivity contribution >= 4 is 5.91 Å². The van der Waals surface area contributed by atoms with Gasteiger partial charge in [0.25, 0.3) is 5.91 Å². The van der Waals surface area contributed by atoms with E-state index in [0.29, 0.717) is 19.6 Å². The number of methoxy groups -OCH3 is 1. The molecule has 0 spiro atoms. The topological polar surface area (TPSA) is 64.3 Å². The monoisotopic (exact) mass is 258 g/mol. The van der Waals surface area contributed by atoms with Gasteiger partial charge in [-0.15, -0.1) is 0 Å². The van der Waals surface area contributed by atoms with E-state index in [-0.39, 0.29) is 11.6 Å². The molecule has 0 aromatic heterocycles. The number of carbonyl (C=O) groups excluding carboxylic acids is 1. The first-order valence-corrected chi connectivity index (χ1v) is 5.52. The highest BCUT2D eigenvalue weighted by Gasteiger charge is 2.09. The molecule has 6 heteroatoms. The Kier molecular flexibility index (Phi) is 5.67. The van der Waals surface area contributed by atoms with Crippen LogP contribution in [0.2, 0.25) is 0 Å². The van der Waals surface area contributed by atoms with E-state index in [1.165, 1.54) is 6.07 Å². The van der Waals surface area contributed by atoms with E-state index in [1.807, 2.05) is 0 Å². The second-order valence-corrected chi connectivity index (χ2v) is 3.89. The van der Waals surface area contributed by atoms with Crippen LogP contribution in [0.3, 0.4) is 0 Å². The zero-order valence-electron chi connectivity index (χ0n) is 10.1. The third-order valence-electron chi connectivity index (χ3n) is 2.36. The lowest BCUT2D eigenvalue weighted by Crippen LogP contribution is -2.32. The summed E-state index contributed by atoms with van der Waals surface area (Å²) in [6.45, 7) is 0.753. The summed E-state index contributed by atoms with van der Waals surface area (Å²) < 4.78 is 30.4. The molecule has 4 nitrogen and oxygen atoms in total. The van der Waals surface area contributed by atoms with Crippen LogP contribution in [-0.4, -0.2) is 32.2 Å². The largest absolute Gasteiger partial charge is 0.383 e. The van der Waals surface area contributed by atoms with Crippen molar-refractivity contribution in [3.8, 4) is 0 Å². The molecule has 1 aromatic rings. The van der Waals surface area contributed by atoms with Gasteiger partial charge in [-0.2, -0.15) is 0 Å². The highest BCUT2D eigenvalue weighted by atomic mass is 19.2. The van der Waals surface area contributed by atoms with Gasteiger partial charge in [0, 0.05) is 25.3 Å². The SMILES string of the molecule is COCC(N)CCNC(=O)c1ccc(F)c(F)c1. The van der Waals surface area contributed by atoms with E-state index >= 15 is 0 Å². The lowest BCUT2D eigenvalue weighted by molar-refractivity contribution is 0.0949. The molecule has 0 fully saturated rings. The molecule has 3 N–H and O–H groups in total. The molecule has 18 heavy (non-hydrogen) atoms. The highest BCUT2D eigenvalue weighted by Crippen LogP contribution is 2.08. The Hall–Kier alpha value is -1.53. The van der Waals surface area contributed by atoms with Gasteiger partial charge in [0.1, 0.15) is 0 Å². The van der Waals surface area contributed by atoms with Crippen LogP contribution in [0, 0.1) is 11.6 Å². The minimum absolute atomic E-state index is 0.0780. The van der Waals surface area contributed by atoms with Gasteiger partial charge in [0.2, 0.25) is 0 Å². The van der Waals surface area contributed by atoms with E-state index in [4.69, 9.17) is 10.5 Å². The third-order valence-corrected chi connectivity index (χ3v) is 2.36. The van der Waals surface area contributed by atoms with E-state index < -0.39 is 17.5 Å². The number of rotatable bonds is 6. The quantitative estimate of drug-likeness (QED) is 0.802. The standard InChI is InChI=1S/C12H16F2N2O2/c1-18-7-9(15)4-5-16-12(17)8-2-3-10(13)11(14)6-8/h2-3,6,9H,4-5,7,15H2,1H3,(H,16,17). The Morgan fingerprint density at radius 1 is 1.44 bits per heavy atom. The van der Waals surface area contributed by atoms with Crippen molar-refractivity contribution in [1.29, 1.82) is 0 Å². The van der Waals surface area contributed by atoms with Crippen LogP contribution in [0.25, 0.3) is 0 Å². The summed E-state index contributed by atoms with van der Waals surface area (Å²) in [6.07, 6.45) is 0.545. The Morgan fingerprint density at radius 3 is 2.78 bits per heavy atom. The summed E-state index contributed by atoms with van der Waals surface area (Å²) in [5.41, 5.74) is 5.75. The maximum absolute atomic E-state index is 12.9. The Bertz CT molecular complexity index is 413. The lowest BCUT2D eigenvalue weighted by atomic mass is 10.2. The van der Waals surface area contributed by atoms with Crippen molar-refractivity contribution < 1.29 is 18.3 Å². The number of amides is 1. The fourth-order valence-corrected chi connectivity index (χ4v) is 1.41. The molecule has 0 radical (unpaired) electrons. The molecular formula is C12H16F2N2O2. The highest BCUT2D eigenvalue weighted by molar-refractivity contribution is 5.94. The fraction of sp³-hybridized carbons (Fsp3) is 0.417. The third kappa shape index (κ3) is 4.38. The number of nitrogens with one attached hydrogen (secondary N) is 1. The molecule has 1 aromatic carbocycles. The van der Waals surface area contributed by atoms with E-state index in [2.05, 4.69) is 5.32 Å². The van der Waals surface area contributed by atoms with E-state index in [1.54, 1.807) is 7.11 Å². The Balaban J connectivity index is 2.43. The molecule has 1 atom stereocenters. The zero-order chi connectivity index (χ0) is 13.5. The maximum Gasteiger partial charge on any atom is 0.251 e. The second-order valence-electron chi connectivity index (χ2n) is 3.89.